The van der Waals surface area contributed by atoms with Crippen molar-refractivity contribution in [3.05, 3.63) is 0 Å². The van der Waals surface area contributed by atoms with Crippen molar-refractivity contribution in [3.63, 3.8) is 0 Å². The quantitative estimate of drug-likeness (QED) is 0.135. The zero-order valence-electron chi connectivity index (χ0n) is 19.7. The van der Waals surface area contributed by atoms with Crippen LogP contribution < -0.4 is 0 Å². The lowest BCUT2D eigenvalue weighted by Crippen LogP contribution is -2.14. The molecule has 0 N–H and O–H groups in total. The predicted octanol–water partition coefficient (Wildman–Crippen LogP) is 9.15. The minimum Gasteiger partial charge on any atom is -0.463 e. The highest BCUT2D eigenvalue weighted by Gasteiger charge is 2.08. The van der Waals surface area contributed by atoms with Gasteiger partial charge in [-0.2, -0.15) is 0 Å². The Bertz CT molecular complexity index is 314. The van der Waals surface area contributed by atoms with E-state index in [0.29, 0.717) is 6.42 Å². The third-order valence-corrected chi connectivity index (χ3v) is 5.78. The summed E-state index contributed by atoms with van der Waals surface area (Å²) < 4.78 is 5.51. The standard InChI is InChI=1S/C26H52O2/c1-4-6-8-10-11-12-13-14-15-16-17-18-19-20-22-24-26(27)28-25(3)23-21-9-7-5-2/h25H,4-24H2,1-3H3. The molecule has 0 heterocycles. The second-order valence-corrected chi connectivity index (χ2v) is 8.85. The van der Waals surface area contributed by atoms with Crippen LogP contribution in [0.25, 0.3) is 0 Å². The number of esters is 1. The van der Waals surface area contributed by atoms with E-state index in [1.54, 1.807) is 0 Å². The van der Waals surface area contributed by atoms with Gasteiger partial charge in [-0.05, 0) is 26.2 Å². The maximum Gasteiger partial charge on any atom is 0.306 e. The average Bonchev–Trinajstić information content (AvgIpc) is 2.68. The Hall–Kier alpha value is -0.530. The van der Waals surface area contributed by atoms with Crippen LogP contribution in [0.15, 0.2) is 0 Å². The Morgan fingerprint density at radius 2 is 0.929 bits per heavy atom. The van der Waals surface area contributed by atoms with Crippen LogP contribution in [0.2, 0.25) is 0 Å². The van der Waals surface area contributed by atoms with Crippen molar-refractivity contribution < 1.29 is 9.53 Å². The Morgan fingerprint density at radius 1 is 0.571 bits per heavy atom. The van der Waals surface area contributed by atoms with E-state index in [1.807, 2.05) is 6.92 Å². The van der Waals surface area contributed by atoms with E-state index in [4.69, 9.17) is 4.74 Å². The summed E-state index contributed by atoms with van der Waals surface area (Å²) in [5.74, 6) is 0.0117. The number of ether oxygens (including phenoxy) is 1. The molecule has 0 amide bonds. The summed E-state index contributed by atoms with van der Waals surface area (Å²) >= 11 is 0. The fraction of sp³-hybridized carbons (Fsp3) is 0.962. The number of unbranched alkanes of at least 4 members (excludes halogenated alkanes) is 17. The predicted molar refractivity (Wildman–Crippen MR) is 124 cm³/mol. The van der Waals surface area contributed by atoms with Gasteiger partial charge in [0, 0.05) is 6.42 Å². The van der Waals surface area contributed by atoms with Crippen LogP contribution in [0.3, 0.4) is 0 Å². The lowest BCUT2D eigenvalue weighted by molar-refractivity contribution is -0.148. The Labute approximate surface area is 177 Å². The molecule has 0 saturated carbocycles. The molecule has 2 heteroatoms. The van der Waals surface area contributed by atoms with Crippen LogP contribution >= 0.6 is 0 Å². The molecule has 2 nitrogen and oxygen atoms in total. The molecule has 1 unspecified atom stereocenters. The van der Waals surface area contributed by atoms with Crippen LogP contribution in [0, 0.1) is 0 Å². The first-order valence-corrected chi connectivity index (χ1v) is 12.9. The van der Waals surface area contributed by atoms with Crippen molar-refractivity contribution in [3.8, 4) is 0 Å². The first kappa shape index (κ1) is 27.5. The summed E-state index contributed by atoms with van der Waals surface area (Å²) in [7, 11) is 0. The normalized spacial score (nSPS) is 12.2. The van der Waals surface area contributed by atoms with Gasteiger partial charge >= 0.3 is 5.97 Å². The lowest BCUT2D eigenvalue weighted by Gasteiger charge is -2.13. The summed E-state index contributed by atoms with van der Waals surface area (Å²) in [5.41, 5.74) is 0. The van der Waals surface area contributed by atoms with Crippen molar-refractivity contribution in [1.29, 1.82) is 0 Å². The van der Waals surface area contributed by atoms with Gasteiger partial charge in [0.2, 0.25) is 0 Å². The first-order chi connectivity index (χ1) is 13.7. The van der Waals surface area contributed by atoms with Crippen molar-refractivity contribution in [2.45, 2.75) is 162 Å². The van der Waals surface area contributed by atoms with Crippen LogP contribution in [0.4, 0.5) is 0 Å². The molecule has 0 bridgehead atoms. The molecule has 0 spiro atoms. The SMILES string of the molecule is CCCCCCCCCCCCCCCCCC(=O)OC(C)CCCCCC. The zero-order valence-corrected chi connectivity index (χ0v) is 19.7. The minimum atomic E-state index is 0.0117. The smallest absolute Gasteiger partial charge is 0.306 e. The van der Waals surface area contributed by atoms with Gasteiger partial charge < -0.3 is 4.74 Å². The summed E-state index contributed by atoms with van der Waals surface area (Å²) in [6, 6.07) is 0. The van der Waals surface area contributed by atoms with E-state index in [2.05, 4.69) is 13.8 Å². The number of rotatable bonds is 22. The third-order valence-electron chi connectivity index (χ3n) is 5.78. The molecule has 0 rings (SSSR count). The van der Waals surface area contributed by atoms with Gasteiger partial charge in [-0.3, -0.25) is 4.79 Å². The average molecular weight is 397 g/mol. The van der Waals surface area contributed by atoms with Gasteiger partial charge in [0.25, 0.3) is 0 Å². The molecule has 0 aromatic rings. The van der Waals surface area contributed by atoms with E-state index >= 15 is 0 Å². The van der Waals surface area contributed by atoms with E-state index < -0.39 is 0 Å². The molecule has 168 valence electrons. The van der Waals surface area contributed by atoms with E-state index in [0.717, 1.165) is 12.8 Å². The fourth-order valence-electron chi connectivity index (χ4n) is 3.84. The zero-order chi connectivity index (χ0) is 20.7. The van der Waals surface area contributed by atoms with Gasteiger partial charge in [-0.25, -0.2) is 0 Å². The van der Waals surface area contributed by atoms with Crippen molar-refractivity contribution in [1.82, 2.24) is 0 Å². The maximum absolute atomic E-state index is 11.9. The summed E-state index contributed by atoms with van der Waals surface area (Å²) in [4.78, 5) is 11.9. The molecule has 0 aliphatic heterocycles. The fourth-order valence-corrected chi connectivity index (χ4v) is 3.84. The van der Waals surface area contributed by atoms with E-state index in [9.17, 15) is 4.79 Å². The second-order valence-electron chi connectivity index (χ2n) is 8.85. The number of carbonyl (C=O) groups is 1. The van der Waals surface area contributed by atoms with Crippen LogP contribution in [0.1, 0.15) is 156 Å². The number of hydrogen-bond acceptors (Lipinski definition) is 2. The van der Waals surface area contributed by atoms with Crippen molar-refractivity contribution >= 4 is 5.97 Å². The molecule has 1 atom stereocenters. The summed E-state index contributed by atoms with van der Waals surface area (Å²) in [5, 5.41) is 0. The van der Waals surface area contributed by atoms with Crippen LogP contribution in [-0.2, 0) is 9.53 Å². The highest BCUT2D eigenvalue weighted by Crippen LogP contribution is 2.14. The Kier molecular flexibility index (Phi) is 22.3. The van der Waals surface area contributed by atoms with E-state index in [-0.39, 0.29) is 12.1 Å². The number of carbonyl (C=O) groups excluding carboxylic acids is 1. The number of hydrogen-bond donors (Lipinski definition) is 0. The molecule has 28 heavy (non-hydrogen) atoms. The molecular weight excluding hydrogens is 344 g/mol. The van der Waals surface area contributed by atoms with Gasteiger partial charge in [0.05, 0.1) is 6.10 Å². The van der Waals surface area contributed by atoms with Gasteiger partial charge in [-0.1, -0.05) is 123 Å². The molecule has 0 aliphatic carbocycles. The topological polar surface area (TPSA) is 26.3 Å². The second kappa shape index (κ2) is 22.8. The highest BCUT2D eigenvalue weighted by molar-refractivity contribution is 5.69. The van der Waals surface area contributed by atoms with Crippen molar-refractivity contribution in [2.24, 2.45) is 0 Å². The molecule has 0 aliphatic rings. The first-order valence-electron chi connectivity index (χ1n) is 12.9. The highest BCUT2D eigenvalue weighted by atomic mass is 16.5. The van der Waals surface area contributed by atoms with Gasteiger partial charge in [0.15, 0.2) is 0 Å². The molecular formula is C26H52O2. The van der Waals surface area contributed by atoms with Crippen LogP contribution in [-0.4, -0.2) is 12.1 Å². The minimum absolute atomic E-state index is 0.0117. The molecule has 0 aromatic heterocycles. The lowest BCUT2D eigenvalue weighted by atomic mass is 10.0. The van der Waals surface area contributed by atoms with Crippen LogP contribution in [0.5, 0.6) is 0 Å². The largest absolute Gasteiger partial charge is 0.463 e. The Morgan fingerprint density at radius 3 is 1.36 bits per heavy atom. The molecule has 0 fully saturated rings. The van der Waals surface area contributed by atoms with Crippen molar-refractivity contribution in [2.75, 3.05) is 0 Å². The Balaban J connectivity index is 3.22. The molecule has 0 radical (unpaired) electrons. The summed E-state index contributed by atoms with van der Waals surface area (Å²) in [6.45, 7) is 6.54. The molecule has 0 saturated heterocycles. The van der Waals surface area contributed by atoms with E-state index in [1.165, 1.54) is 116 Å². The molecule has 0 aromatic carbocycles. The van der Waals surface area contributed by atoms with Gasteiger partial charge in [-0.15, -0.1) is 0 Å². The third kappa shape index (κ3) is 21.8. The monoisotopic (exact) mass is 396 g/mol. The maximum atomic E-state index is 11.9. The summed E-state index contributed by atoms with van der Waals surface area (Å²) in [6.07, 6.45) is 27.1. The van der Waals surface area contributed by atoms with Gasteiger partial charge in [0.1, 0.15) is 0 Å².